The van der Waals surface area contributed by atoms with Crippen molar-refractivity contribution in [3.63, 3.8) is 0 Å². The molecule has 170 valence electrons. The Morgan fingerprint density at radius 3 is 2.31 bits per heavy atom. The molecule has 1 aromatic heterocycles. The van der Waals surface area contributed by atoms with Crippen LogP contribution in [0.2, 0.25) is 0 Å². The Balaban J connectivity index is 1.68. The zero-order valence-electron chi connectivity index (χ0n) is 18.1. The summed E-state index contributed by atoms with van der Waals surface area (Å²) in [6, 6.07) is 16.4. The zero-order valence-corrected chi connectivity index (χ0v) is 18.1. The number of ether oxygens (including phenoxy) is 1. The van der Waals surface area contributed by atoms with Gasteiger partial charge >= 0.3 is 6.18 Å². The molecule has 0 spiro atoms. The van der Waals surface area contributed by atoms with Gasteiger partial charge < -0.3 is 9.84 Å². The van der Waals surface area contributed by atoms with Gasteiger partial charge in [-0.3, -0.25) is 9.88 Å². The molecular formula is C25H27F3N2O2. The number of nitrogens with zero attached hydrogens (tertiary/aromatic N) is 2. The highest BCUT2D eigenvalue weighted by atomic mass is 19.4. The second kappa shape index (κ2) is 10.1. The number of benzene rings is 2. The van der Waals surface area contributed by atoms with Gasteiger partial charge in [-0.25, -0.2) is 0 Å². The Labute approximate surface area is 186 Å². The van der Waals surface area contributed by atoms with Gasteiger partial charge in [-0.1, -0.05) is 30.3 Å². The van der Waals surface area contributed by atoms with Gasteiger partial charge in [0.15, 0.2) is 0 Å². The van der Waals surface area contributed by atoms with Gasteiger partial charge in [0.25, 0.3) is 0 Å². The van der Waals surface area contributed by atoms with Crippen LogP contribution < -0.4 is 4.74 Å². The number of aromatic nitrogens is 1. The smallest absolute Gasteiger partial charge is 0.416 e. The van der Waals surface area contributed by atoms with Gasteiger partial charge in [-0.15, -0.1) is 0 Å². The van der Waals surface area contributed by atoms with Crippen LogP contribution in [0.25, 0.3) is 0 Å². The summed E-state index contributed by atoms with van der Waals surface area (Å²) < 4.78 is 43.8. The van der Waals surface area contributed by atoms with E-state index in [4.69, 9.17) is 4.74 Å². The third-order valence-electron chi connectivity index (χ3n) is 5.08. The molecule has 3 rings (SSSR count). The Morgan fingerprint density at radius 1 is 0.969 bits per heavy atom. The maximum atomic E-state index is 12.7. The summed E-state index contributed by atoms with van der Waals surface area (Å²) in [6.45, 7) is 5.15. The number of alkyl halides is 3. The first-order chi connectivity index (χ1) is 15.1. The van der Waals surface area contributed by atoms with E-state index >= 15 is 0 Å². The SMILES string of the molecule is Cc1ccccc1CN(Cc1cccnc1)CC(C)(O)COc1ccc(C(F)(F)F)cc1. The molecule has 1 unspecified atom stereocenters. The highest BCUT2D eigenvalue weighted by Crippen LogP contribution is 2.30. The Hall–Kier alpha value is -2.90. The molecule has 0 aliphatic heterocycles. The lowest BCUT2D eigenvalue weighted by Crippen LogP contribution is -2.44. The molecule has 3 aromatic rings. The number of aryl methyl sites for hydroxylation is 1. The summed E-state index contributed by atoms with van der Waals surface area (Å²) in [6.07, 6.45) is -0.895. The molecule has 0 amide bonds. The predicted octanol–water partition coefficient (Wildman–Crippen LogP) is 5.24. The maximum Gasteiger partial charge on any atom is 0.416 e. The van der Waals surface area contributed by atoms with Crippen LogP contribution in [0.15, 0.2) is 73.1 Å². The monoisotopic (exact) mass is 444 g/mol. The van der Waals surface area contributed by atoms with Crippen LogP contribution in [-0.4, -0.2) is 33.7 Å². The van der Waals surface area contributed by atoms with Crippen molar-refractivity contribution in [3.8, 4) is 5.75 Å². The number of rotatable bonds is 9. The van der Waals surface area contributed by atoms with E-state index < -0.39 is 17.3 Å². The van der Waals surface area contributed by atoms with E-state index in [1.807, 2.05) is 37.3 Å². The first kappa shape index (κ1) is 23.8. The molecule has 0 aliphatic carbocycles. The van der Waals surface area contributed by atoms with Gasteiger partial charge in [0.1, 0.15) is 18.0 Å². The lowest BCUT2D eigenvalue weighted by atomic mass is 10.0. The lowest BCUT2D eigenvalue weighted by Gasteiger charge is -2.32. The minimum Gasteiger partial charge on any atom is -0.491 e. The molecule has 4 nitrogen and oxygen atoms in total. The summed E-state index contributed by atoms with van der Waals surface area (Å²) in [4.78, 5) is 6.27. The molecule has 1 atom stereocenters. The molecule has 7 heteroatoms. The molecule has 1 N–H and O–H groups in total. The van der Waals surface area contributed by atoms with Crippen LogP contribution >= 0.6 is 0 Å². The van der Waals surface area contributed by atoms with Crippen molar-refractivity contribution in [3.05, 3.63) is 95.3 Å². The Morgan fingerprint density at radius 2 is 1.69 bits per heavy atom. The average Bonchev–Trinajstić information content (AvgIpc) is 2.74. The maximum absolute atomic E-state index is 12.7. The van der Waals surface area contributed by atoms with Crippen LogP contribution in [0.5, 0.6) is 5.75 Å². The second-order valence-corrected chi connectivity index (χ2v) is 8.24. The van der Waals surface area contributed by atoms with Crippen LogP contribution in [0.4, 0.5) is 13.2 Å². The van der Waals surface area contributed by atoms with Gasteiger partial charge in [0, 0.05) is 32.0 Å². The van der Waals surface area contributed by atoms with E-state index in [0.29, 0.717) is 19.6 Å². The fourth-order valence-electron chi connectivity index (χ4n) is 3.45. The summed E-state index contributed by atoms with van der Waals surface area (Å²) in [7, 11) is 0. The third kappa shape index (κ3) is 7.07. The minimum atomic E-state index is -4.40. The van der Waals surface area contributed by atoms with Crippen LogP contribution in [0.1, 0.15) is 29.2 Å². The topological polar surface area (TPSA) is 45.6 Å². The summed E-state index contributed by atoms with van der Waals surface area (Å²) in [5.74, 6) is 0.274. The fourth-order valence-corrected chi connectivity index (χ4v) is 3.45. The van der Waals surface area contributed by atoms with Gasteiger partial charge in [0.2, 0.25) is 0 Å². The van der Waals surface area contributed by atoms with Gasteiger partial charge in [-0.05, 0) is 60.9 Å². The van der Waals surface area contributed by atoms with Crippen molar-refractivity contribution < 1.29 is 23.0 Å². The van der Waals surface area contributed by atoms with Crippen molar-refractivity contribution in [2.45, 2.75) is 38.7 Å². The molecular weight excluding hydrogens is 417 g/mol. The van der Waals surface area contributed by atoms with E-state index in [-0.39, 0.29) is 12.4 Å². The van der Waals surface area contributed by atoms with Crippen molar-refractivity contribution in [1.29, 1.82) is 0 Å². The molecule has 0 saturated heterocycles. The second-order valence-electron chi connectivity index (χ2n) is 8.24. The molecule has 0 aliphatic rings. The largest absolute Gasteiger partial charge is 0.491 e. The van der Waals surface area contributed by atoms with Crippen LogP contribution in [0.3, 0.4) is 0 Å². The molecule has 1 heterocycles. The molecule has 2 aromatic carbocycles. The highest BCUT2D eigenvalue weighted by molar-refractivity contribution is 5.29. The van der Waals surface area contributed by atoms with Gasteiger partial charge in [0.05, 0.1) is 5.56 Å². The molecule has 0 radical (unpaired) electrons. The average molecular weight is 444 g/mol. The van der Waals surface area contributed by atoms with Crippen LogP contribution in [0, 0.1) is 6.92 Å². The van der Waals surface area contributed by atoms with Crippen molar-refractivity contribution in [2.75, 3.05) is 13.2 Å². The number of aliphatic hydroxyl groups is 1. The first-order valence-corrected chi connectivity index (χ1v) is 10.3. The van der Waals surface area contributed by atoms with Gasteiger partial charge in [-0.2, -0.15) is 13.2 Å². The normalized spacial score (nSPS) is 13.7. The fraction of sp³-hybridized carbons (Fsp3) is 0.320. The standard InChI is InChI=1S/C25H27F3N2O2/c1-19-6-3-4-8-21(19)16-30(15-20-7-5-13-29-14-20)17-24(2,31)18-32-23-11-9-22(10-12-23)25(26,27)28/h3-14,31H,15-18H2,1-2H3. The molecule has 0 fully saturated rings. The highest BCUT2D eigenvalue weighted by Gasteiger charge is 2.30. The number of hydrogen-bond donors (Lipinski definition) is 1. The summed E-state index contributed by atoms with van der Waals surface area (Å²) >= 11 is 0. The number of halogens is 3. The number of pyridine rings is 1. The lowest BCUT2D eigenvalue weighted by molar-refractivity contribution is -0.137. The van der Waals surface area contributed by atoms with E-state index in [0.717, 1.165) is 28.8 Å². The van der Waals surface area contributed by atoms with Crippen molar-refractivity contribution >= 4 is 0 Å². The summed E-state index contributed by atoms with van der Waals surface area (Å²) in [5.41, 5.74) is 1.35. The molecule has 32 heavy (non-hydrogen) atoms. The molecule has 0 saturated carbocycles. The van der Waals surface area contributed by atoms with E-state index in [1.165, 1.54) is 12.1 Å². The molecule has 0 bridgehead atoms. The zero-order chi connectivity index (χ0) is 23.2. The Bertz CT molecular complexity index is 990. The quantitative estimate of drug-likeness (QED) is 0.490. The van der Waals surface area contributed by atoms with E-state index in [1.54, 1.807) is 19.3 Å². The third-order valence-corrected chi connectivity index (χ3v) is 5.08. The van der Waals surface area contributed by atoms with E-state index in [9.17, 15) is 18.3 Å². The summed E-state index contributed by atoms with van der Waals surface area (Å²) in [5, 5.41) is 11.0. The predicted molar refractivity (Wildman–Crippen MR) is 117 cm³/mol. The first-order valence-electron chi connectivity index (χ1n) is 10.3. The number of hydrogen-bond acceptors (Lipinski definition) is 4. The van der Waals surface area contributed by atoms with Crippen LogP contribution in [-0.2, 0) is 19.3 Å². The minimum absolute atomic E-state index is 0.0598. The Kier molecular flexibility index (Phi) is 7.53. The van der Waals surface area contributed by atoms with E-state index in [2.05, 4.69) is 16.0 Å². The van der Waals surface area contributed by atoms with Crippen molar-refractivity contribution in [1.82, 2.24) is 9.88 Å². The van der Waals surface area contributed by atoms with Crippen molar-refractivity contribution in [2.24, 2.45) is 0 Å².